The maximum Gasteiger partial charge on any atom is 0.316 e. The number of aromatic nitrogens is 4. The van der Waals surface area contributed by atoms with Crippen molar-refractivity contribution in [2.75, 3.05) is 25.6 Å². The van der Waals surface area contributed by atoms with Crippen LogP contribution in [0.15, 0.2) is 24.5 Å². The molecule has 0 aliphatic heterocycles. The largest absolute Gasteiger partial charge is 0.463 e. The zero-order valence-corrected chi connectivity index (χ0v) is 12.2. The van der Waals surface area contributed by atoms with Gasteiger partial charge in [0.05, 0.1) is 6.61 Å². The molecule has 0 atom stereocenters. The number of nitrogens with zero attached hydrogens (tertiary/aromatic N) is 4. The molecule has 0 radical (unpaired) electrons. The summed E-state index contributed by atoms with van der Waals surface area (Å²) >= 11 is 0. The summed E-state index contributed by atoms with van der Waals surface area (Å²) in [5.41, 5.74) is 0.911. The molecule has 1 N–H and O–H groups in total. The van der Waals surface area contributed by atoms with E-state index in [1.807, 2.05) is 13.0 Å². The van der Waals surface area contributed by atoms with Crippen molar-refractivity contribution in [1.29, 1.82) is 0 Å². The molecule has 0 spiro atoms. The highest BCUT2D eigenvalue weighted by molar-refractivity contribution is 5.35. The number of aryl methyl sites for hydroxylation is 1. The van der Waals surface area contributed by atoms with E-state index >= 15 is 0 Å². The number of rotatable bonds is 8. The Morgan fingerprint density at radius 3 is 2.76 bits per heavy atom. The molecule has 7 heteroatoms. The molecule has 2 aromatic heterocycles. The van der Waals surface area contributed by atoms with Crippen molar-refractivity contribution in [3.05, 3.63) is 36.0 Å². The SMILES string of the molecule is COCc1nc(C)cc(NCCCOc2ncccn2)n1. The molecular weight excluding hydrogens is 270 g/mol. The Morgan fingerprint density at radius 1 is 1.19 bits per heavy atom. The summed E-state index contributed by atoms with van der Waals surface area (Å²) in [6.07, 6.45) is 4.13. The maximum atomic E-state index is 5.41. The predicted octanol–water partition coefficient (Wildman–Crippen LogP) is 1.60. The average Bonchev–Trinajstić information content (AvgIpc) is 2.48. The molecule has 0 aliphatic rings. The third-order valence-electron chi connectivity index (χ3n) is 2.57. The molecule has 7 nitrogen and oxygen atoms in total. The Hall–Kier alpha value is -2.28. The van der Waals surface area contributed by atoms with Crippen molar-refractivity contribution >= 4 is 5.82 Å². The molecule has 0 aromatic carbocycles. The van der Waals surface area contributed by atoms with Gasteiger partial charge < -0.3 is 14.8 Å². The van der Waals surface area contributed by atoms with Crippen LogP contribution >= 0.6 is 0 Å². The number of anilines is 1. The minimum atomic E-state index is 0.401. The minimum absolute atomic E-state index is 0.401. The molecule has 112 valence electrons. The van der Waals surface area contributed by atoms with Crippen molar-refractivity contribution in [2.24, 2.45) is 0 Å². The van der Waals surface area contributed by atoms with Crippen molar-refractivity contribution in [3.8, 4) is 6.01 Å². The van der Waals surface area contributed by atoms with E-state index in [9.17, 15) is 0 Å². The fraction of sp³-hybridized carbons (Fsp3) is 0.429. The Labute approximate surface area is 123 Å². The summed E-state index contributed by atoms with van der Waals surface area (Å²) in [7, 11) is 1.63. The Balaban J connectivity index is 1.73. The van der Waals surface area contributed by atoms with Gasteiger partial charge in [0.1, 0.15) is 12.4 Å². The van der Waals surface area contributed by atoms with Crippen LogP contribution in [0.1, 0.15) is 17.9 Å². The highest BCUT2D eigenvalue weighted by Crippen LogP contribution is 2.07. The summed E-state index contributed by atoms with van der Waals surface area (Å²) in [5, 5.41) is 3.24. The van der Waals surface area contributed by atoms with Gasteiger partial charge in [-0.05, 0) is 19.4 Å². The first-order valence-corrected chi connectivity index (χ1v) is 6.75. The average molecular weight is 289 g/mol. The van der Waals surface area contributed by atoms with Crippen LogP contribution in [0.2, 0.25) is 0 Å². The fourth-order valence-electron chi connectivity index (χ4n) is 1.73. The molecule has 0 saturated heterocycles. The highest BCUT2D eigenvalue weighted by Gasteiger charge is 2.02. The van der Waals surface area contributed by atoms with Crippen LogP contribution in [0.3, 0.4) is 0 Å². The molecule has 21 heavy (non-hydrogen) atoms. The maximum absolute atomic E-state index is 5.41. The summed E-state index contributed by atoms with van der Waals surface area (Å²) in [5.74, 6) is 1.47. The van der Waals surface area contributed by atoms with Crippen LogP contribution < -0.4 is 10.1 Å². The molecule has 2 aromatic rings. The van der Waals surface area contributed by atoms with Gasteiger partial charge in [-0.15, -0.1) is 0 Å². The lowest BCUT2D eigenvalue weighted by atomic mass is 10.4. The molecular formula is C14H19N5O2. The number of nitrogens with one attached hydrogen (secondary N) is 1. The zero-order chi connectivity index (χ0) is 14.9. The van der Waals surface area contributed by atoms with E-state index in [0.717, 1.165) is 24.5 Å². The van der Waals surface area contributed by atoms with Crippen molar-refractivity contribution in [3.63, 3.8) is 0 Å². The summed E-state index contributed by atoms with van der Waals surface area (Å²) in [6.45, 7) is 3.63. The number of ether oxygens (including phenoxy) is 2. The van der Waals surface area contributed by atoms with Crippen molar-refractivity contribution in [2.45, 2.75) is 20.0 Å². The summed E-state index contributed by atoms with van der Waals surface area (Å²) in [6, 6.07) is 4.06. The summed E-state index contributed by atoms with van der Waals surface area (Å²) < 4.78 is 10.5. The van der Waals surface area contributed by atoms with Crippen LogP contribution in [0.5, 0.6) is 6.01 Å². The Kier molecular flexibility index (Phi) is 5.83. The second kappa shape index (κ2) is 8.11. The molecule has 0 aliphatic carbocycles. The molecule has 2 rings (SSSR count). The van der Waals surface area contributed by atoms with Crippen LogP contribution in [0.25, 0.3) is 0 Å². The van der Waals surface area contributed by atoms with Gasteiger partial charge in [-0.25, -0.2) is 19.9 Å². The molecule has 0 bridgehead atoms. The van der Waals surface area contributed by atoms with E-state index in [0.29, 0.717) is 25.0 Å². The second-order valence-corrected chi connectivity index (χ2v) is 4.40. The fourth-order valence-corrected chi connectivity index (χ4v) is 1.73. The van der Waals surface area contributed by atoms with Crippen LogP contribution in [0.4, 0.5) is 5.82 Å². The quantitative estimate of drug-likeness (QED) is 0.739. The van der Waals surface area contributed by atoms with Gasteiger partial charge in [0.25, 0.3) is 0 Å². The van der Waals surface area contributed by atoms with Crippen molar-refractivity contribution < 1.29 is 9.47 Å². The van der Waals surface area contributed by atoms with E-state index in [1.165, 1.54) is 0 Å². The lowest BCUT2D eigenvalue weighted by Crippen LogP contribution is -2.11. The zero-order valence-electron chi connectivity index (χ0n) is 12.2. The van der Waals surface area contributed by atoms with Gasteiger partial charge in [0, 0.05) is 37.8 Å². The van der Waals surface area contributed by atoms with E-state index in [2.05, 4.69) is 25.3 Å². The number of methoxy groups -OCH3 is 1. The molecule has 0 unspecified atom stereocenters. The number of hydrogen-bond donors (Lipinski definition) is 1. The van der Waals surface area contributed by atoms with E-state index in [1.54, 1.807) is 25.6 Å². The van der Waals surface area contributed by atoms with Crippen LogP contribution in [-0.4, -0.2) is 40.2 Å². The first-order valence-electron chi connectivity index (χ1n) is 6.75. The van der Waals surface area contributed by atoms with Crippen LogP contribution in [0, 0.1) is 6.92 Å². The monoisotopic (exact) mass is 289 g/mol. The molecule has 0 amide bonds. The van der Waals surface area contributed by atoms with Gasteiger partial charge in [0.15, 0.2) is 5.82 Å². The minimum Gasteiger partial charge on any atom is -0.463 e. The van der Waals surface area contributed by atoms with Crippen LogP contribution in [-0.2, 0) is 11.3 Å². The normalized spacial score (nSPS) is 10.4. The predicted molar refractivity (Wildman–Crippen MR) is 78.1 cm³/mol. The number of hydrogen-bond acceptors (Lipinski definition) is 7. The van der Waals surface area contributed by atoms with E-state index in [4.69, 9.17) is 9.47 Å². The lowest BCUT2D eigenvalue weighted by Gasteiger charge is -2.08. The van der Waals surface area contributed by atoms with Gasteiger partial charge in [0.2, 0.25) is 0 Å². The smallest absolute Gasteiger partial charge is 0.316 e. The van der Waals surface area contributed by atoms with Gasteiger partial charge in [-0.1, -0.05) is 0 Å². The first kappa shape index (κ1) is 15.1. The third-order valence-corrected chi connectivity index (χ3v) is 2.57. The Bertz CT molecular complexity index is 550. The van der Waals surface area contributed by atoms with E-state index < -0.39 is 0 Å². The molecule has 0 saturated carbocycles. The topological polar surface area (TPSA) is 82.0 Å². The first-order chi connectivity index (χ1) is 10.3. The van der Waals surface area contributed by atoms with Gasteiger partial charge in [-0.2, -0.15) is 0 Å². The molecule has 0 fully saturated rings. The lowest BCUT2D eigenvalue weighted by molar-refractivity contribution is 0.177. The Morgan fingerprint density at radius 2 is 2.00 bits per heavy atom. The highest BCUT2D eigenvalue weighted by atomic mass is 16.5. The van der Waals surface area contributed by atoms with Gasteiger partial charge in [-0.3, -0.25) is 0 Å². The summed E-state index contributed by atoms with van der Waals surface area (Å²) in [4.78, 5) is 16.6. The second-order valence-electron chi connectivity index (χ2n) is 4.40. The standard InChI is InChI=1S/C14H19N5O2/c1-11-9-12(19-13(18-11)10-20-2)15-7-4-8-21-14-16-5-3-6-17-14/h3,5-6,9H,4,7-8,10H2,1-2H3,(H,15,18,19). The third kappa shape index (κ3) is 5.31. The van der Waals surface area contributed by atoms with Gasteiger partial charge >= 0.3 is 6.01 Å². The van der Waals surface area contributed by atoms with Crippen molar-refractivity contribution in [1.82, 2.24) is 19.9 Å². The van der Waals surface area contributed by atoms with E-state index in [-0.39, 0.29) is 0 Å². The molecule has 2 heterocycles.